The summed E-state index contributed by atoms with van der Waals surface area (Å²) in [5, 5.41) is 15.5. The molecule has 0 saturated carbocycles. The lowest BCUT2D eigenvalue weighted by atomic mass is 9.95. The van der Waals surface area contributed by atoms with E-state index >= 15 is 0 Å². The molecule has 2 aromatic heterocycles. The maximum absolute atomic E-state index is 14.8. The predicted octanol–water partition coefficient (Wildman–Crippen LogP) is 5.28. The number of aromatic nitrogens is 3. The fourth-order valence-electron chi connectivity index (χ4n) is 5.68. The monoisotopic (exact) mass is 721 g/mol. The second-order valence-electron chi connectivity index (χ2n) is 11.2. The van der Waals surface area contributed by atoms with Gasteiger partial charge in [-0.05, 0) is 48.2 Å². The van der Waals surface area contributed by atoms with Crippen LogP contribution < -0.4 is 15.4 Å². The second-order valence-corrected chi connectivity index (χ2v) is 11.2. The number of likely N-dealkylation sites (N-methyl/N-ethyl adjacent to an activating group) is 1. The van der Waals surface area contributed by atoms with Crippen molar-refractivity contribution in [2.24, 2.45) is 5.92 Å². The van der Waals surface area contributed by atoms with E-state index < -0.39 is 17.6 Å². The minimum Gasteiger partial charge on any atom is -0.494 e. The number of benzene rings is 2. The summed E-state index contributed by atoms with van der Waals surface area (Å²) in [6.07, 6.45) is 6.96. The Morgan fingerprint density at radius 3 is 2.57 bits per heavy atom. The lowest BCUT2D eigenvalue weighted by Crippen LogP contribution is -2.53. The molecule has 1 saturated heterocycles. The number of carbonyl (C=O) groups excluding carboxylic acids is 1. The number of aliphatic carboxylic acids is 1. The molecular weight excluding hydrogens is 685 g/mol. The number of halogens is 3. The van der Waals surface area contributed by atoms with Gasteiger partial charge < -0.3 is 25.0 Å². The molecule has 1 aliphatic rings. The Hall–Kier alpha value is -3.85. The lowest BCUT2D eigenvalue weighted by molar-refractivity contribution is -0.908. The quantitative estimate of drug-likeness (QED) is 0.151. The van der Waals surface area contributed by atoms with Crippen LogP contribution in [0.25, 0.3) is 16.9 Å². The van der Waals surface area contributed by atoms with Crippen LogP contribution in [0.15, 0.2) is 48.9 Å². The molecule has 13 heteroatoms. The molecule has 1 aliphatic heterocycles. The Kier molecular flexibility index (Phi) is 10.4. The van der Waals surface area contributed by atoms with Crippen LogP contribution in [0.2, 0.25) is 0 Å². The third kappa shape index (κ3) is 6.93. The summed E-state index contributed by atoms with van der Waals surface area (Å²) in [6, 6.07) is 8.25. The first-order chi connectivity index (χ1) is 20.6. The number of carboxylic acids is 1. The maximum atomic E-state index is 14.8. The normalized spacial score (nSPS) is 18.0. The van der Waals surface area contributed by atoms with Gasteiger partial charge in [0.05, 0.1) is 39.1 Å². The molecule has 10 nitrogen and oxygen atoms in total. The number of nitrogens with zero attached hydrogens (tertiary/aromatic N) is 4. The molecule has 4 aromatic rings. The first-order valence-electron chi connectivity index (χ1n) is 14.2. The van der Waals surface area contributed by atoms with E-state index in [2.05, 4.69) is 20.6 Å². The predicted molar refractivity (Wildman–Crippen MR) is 173 cm³/mol. The summed E-state index contributed by atoms with van der Waals surface area (Å²) in [5.41, 5.74) is 2.93. The molecule has 5 rings (SSSR count). The molecule has 44 heavy (non-hydrogen) atoms. The summed E-state index contributed by atoms with van der Waals surface area (Å²) in [4.78, 5) is 33.1. The van der Waals surface area contributed by atoms with Crippen molar-refractivity contribution in [1.29, 1.82) is 0 Å². The summed E-state index contributed by atoms with van der Waals surface area (Å²) >= 11 is 0. The number of rotatable bonds is 10. The van der Waals surface area contributed by atoms with E-state index in [0.29, 0.717) is 51.8 Å². The largest absolute Gasteiger partial charge is 0.494 e. The highest BCUT2D eigenvalue weighted by Crippen LogP contribution is 2.32. The van der Waals surface area contributed by atoms with Gasteiger partial charge in [-0.2, -0.15) is 4.39 Å². The van der Waals surface area contributed by atoms with E-state index in [1.165, 1.54) is 31.6 Å². The van der Waals surface area contributed by atoms with Crippen LogP contribution in [0.5, 0.6) is 5.75 Å². The van der Waals surface area contributed by atoms with Crippen LogP contribution in [-0.2, 0) is 11.2 Å². The van der Waals surface area contributed by atoms with E-state index in [9.17, 15) is 18.4 Å². The molecule has 2 aromatic carbocycles. The van der Waals surface area contributed by atoms with Crippen LogP contribution in [0.4, 0.5) is 20.3 Å². The standard InChI is InChI=1S/C31H34F2N6O4.HI/c1-4-20-15-21(5-6-22(20)31(42)36-16-19-9-13-39(2,14-10-19)18-26(40)41)37-29-30-35-17-24(38(30)12-11-34-29)23-7-8-25(43-3)28(33)27(23)32;/h5-8,11-12,15,17,19H,4,9-10,13-14,16,18H2,1-3H3,(H2-,34,36,37,40,41,42);1H/p+1. The van der Waals surface area contributed by atoms with E-state index in [4.69, 9.17) is 9.84 Å². The van der Waals surface area contributed by atoms with Crippen molar-refractivity contribution in [1.82, 2.24) is 19.7 Å². The average molecular weight is 722 g/mol. The van der Waals surface area contributed by atoms with Crippen LogP contribution in [0.3, 0.4) is 0 Å². The number of hydrogen-bond donors (Lipinski definition) is 3. The Morgan fingerprint density at radius 2 is 1.89 bits per heavy atom. The molecule has 0 unspecified atom stereocenters. The first kappa shape index (κ1) is 33.1. The van der Waals surface area contributed by atoms with Crippen molar-refractivity contribution in [2.45, 2.75) is 26.2 Å². The fourth-order valence-corrected chi connectivity index (χ4v) is 5.68. The Labute approximate surface area is 271 Å². The number of hydrogen-bond acceptors (Lipinski definition) is 6. The van der Waals surface area contributed by atoms with Crippen LogP contribution >= 0.6 is 24.0 Å². The van der Waals surface area contributed by atoms with Gasteiger partial charge in [0, 0.05) is 48.6 Å². The molecule has 234 valence electrons. The fraction of sp³-hybridized carbons (Fsp3) is 0.355. The zero-order valence-electron chi connectivity index (χ0n) is 24.8. The second kappa shape index (κ2) is 13.8. The first-order valence-corrected chi connectivity index (χ1v) is 14.2. The average Bonchev–Trinajstić information content (AvgIpc) is 3.42. The van der Waals surface area contributed by atoms with Crippen molar-refractivity contribution in [2.75, 3.05) is 45.7 Å². The number of methoxy groups -OCH3 is 1. The molecule has 3 heterocycles. The minimum absolute atomic E-state index is 0. The summed E-state index contributed by atoms with van der Waals surface area (Å²) < 4.78 is 36.2. The molecule has 0 bridgehead atoms. The van der Waals surface area contributed by atoms with Crippen LogP contribution in [0, 0.1) is 17.6 Å². The molecule has 1 amide bonds. The highest BCUT2D eigenvalue weighted by atomic mass is 127. The number of likely N-dealkylation sites (tertiary alicyclic amines) is 1. The zero-order valence-corrected chi connectivity index (χ0v) is 27.1. The minimum atomic E-state index is -1.07. The number of carbonyl (C=O) groups is 2. The number of quaternary nitrogens is 1. The third-order valence-corrected chi connectivity index (χ3v) is 8.19. The van der Waals surface area contributed by atoms with Gasteiger partial charge in [0.15, 0.2) is 29.6 Å². The van der Waals surface area contributed by atoms with Gasteiger partial charge in [0.1, 0.15) is 0 Å². The van der Waals surface area contributed by atoms with Crippen LogP contribution in [-0.4, -0.2) is 76.2 Å². The van der Waals surface area contributed by atoms with Crippen molar-refractivity contribution in [3.63, 3.8) is 0 Å². The van der Waals surface area contributed by atoms with E-state index in [-0.39, 0.29) is 47.7 Å². The van der Waals surface area contributed by atoms with Gasteiger partial charge in [-0.25, -0.2) is 19.2 Å². The Morgan fingerprint density at radius 1 is 1.14 bits per heavy atom. The number of amides is 1. The molecule has 1 fully saturated rings. The Bertz CT molecular complexity index is 1670. The van der Waals surface area contributed by atoms with E-state index in [0.717, 1.165) is 31.5 Å². The van der Waals surface area contributed by atoms with Crippen molar-refractivity contribution < 1.29 is 32.7 Å². The molecule has 0 radical (unpaired) electrons. The lowest BCUT2D eigenvalue weighted by Gasteiger charge is -2.39. The van der Waals surface area contributed by atoms with Crippen molar-refractivity contribution >= 4 is 53.0 Å². The van der Waals surface area contributed by atoms with E-state index in [1.807, 2.05) is 20.0 Å². The molecular formula is C31H36F2IN6O4+. The third-order valence-electron chi connectivity index (χ3n) is 8.19. The summed E-state index contributed by atoms with van der Waals surface area (Å²) in [6.45, 7) is 4.19. The zero-order chi connectivity index (χ0) is 30.7. The number of imidazole rings is 1. The molecule has 0 atom stereocenters. The van der Waals surface area contributed by atoms with Crippen LogP contribution in [0.1, 0.15) is 35.7 Å². The van der Waals surface area contributed by atoms with Gasteiger partial charge >= 0.3 is 5.97 Å². The number of anilines is 2. The topological polar surface area (TPSA) is 118 Å². The van der Waals surface area contributed by atoms with Crippen molar-refractivity contribution in [3.05, 3.63) is 71.7 Å². The number of aryl methyl sites for hydroxylation is 1. The smallest absolute Gasteiger partial charge is 0.359 e. The van der Waals surface area contributed by atoms with Gasteiger partial charge in [0.2, 0.25) is 5.82 Å². The van der Waals surface area contributed by atoms with Gasteiger partial charge in [-0.3, -0.25) is 9.20 Å². The van der Waals surface area contributed by atoms with Crippen molar-refractivity contribution in [3.8, 4) is 17.0 Å². The number of nitrogens with one attached hydrogen (secondary N) is 2. The van der Waals surface area contributed by atoms with Gasteiger partial charge in [0.25, 0.3) is 5.91 Å². The molecule has 0 spiro atoms. The SMILES string of the molecule is CCc1cc(Nc2nccn3c(-c4ccc(OC)c(F)c4F)cnc23)ccc1C(=O)NCC1CC[N+](C)(CC(=O)O)CC1.I. The number of fused-ring (bicyclic) bond motifs is 1. The molecule has 0 aliphatic carbocycles. The summed E-state index contributed by atoms with van der Waals surface area (Å²) in [5.74, 6) is -2.51. The van der Waals surface area contributed by atoms with Gasteiger partial charge in [-0.15, -0.1) is 24.0 Å². The van der Waals surface area contributed by atoms with E-state index in [1.54, 1.807) is 22.7 Å². The highest BCUT2D eigenvalue weighted by molar-refractivity contribution is 14.0. The number of piperidine rings is 1. The molecule has 3 N–H and O–H groups in total. The Balaban J connectivity index is 0.00000442. The number of ether oxygens (including phenoxy) is 1. The maximum Gasteiger partial charge on any atom is 0.359 e. The van der Waals surface area contributed by atoms with Gasteiger partial charge in [-0.1, -0.05) is 6.92 Å². The summed E-state index contributed by atoms with van der Waals surface area (Å²) in [7, 11) is 3.24. The number of carboxylic acid groups (broad SMARTS) is 1. The highest BCUT2D eigenvalue weighted by Gasteiger charge is 2.32.